The molecule has 0 unspecified atom stereocenters. The van der Waals surface area contributed by atoms with Crippen LogP contribution in [0, 0.1) is 0 Å². The molecule has 0 amide bonds. The lowest BCUT2D eigenvalue weighted by molar-refractivity contribution is 0.278. The molecule has 0 aliphatic rings. The molecule has 14 heavy (non-hydrogen) atoms. The lowest BCUT2D eigenvalue weighted by Gasteiger charge is -1.91. The van der Waals surface area contributed by atoms with Crippen molar-refractivity contribution < 1.29 is 12.5 Å². The van der Waals surface area contributed by atoms with Gasteiger partial charge in [-0.15, -0.1) is 0 Å². The molecule has 0 atom stereocenters. The molecule has 2 rings (SSSR count). The first kappa shape index (κ1) is 11.1. The first-order valence-electron chi connectivity index (χ1n) is 4.04. The first-order valence-corrected chi connectivity index (χ1v) is 5.59. The summed E-state index contributed by atoms with van der Waals surface area (Å²) in [5.41, 5.74) is 1.06. The maximum absolute atomic E-state index is 7.31. The summed E-state index contributed by atoms with van der Waals surface area (Å²) in [5.74, 6) is 0. The fourth-order valence-corrected chi connectivity index (χ4v) is 1.02. The number of para-hydroxylation sites is 1. The summed E-state index contributed by atoms with van der Waals surface area (Å²) >= 11 is -3.14. The van der Waals surface area contributed by atoms with E-state index in [9.17, 15) is 0 Å². The zero-order valence-corrected chi connectivity index (χ0v) is 8.56. The fraction of sp³-hybridized carbons (Fsp3) is 0. The molecule has 2 aromatic rings. The molecule has 0 spiro atoms. The average Bonchev–Trinajstić information content (AvgIpc) is 2.17. The SMILES string of the molecule is [OH][Al]([OH])[OH].c1ccc2ncccc2c1. The van der Waals surface area contributed by atoms with Crippen LogP contribution in [-0.4, -0.2) is 32.6 Å². The van der Waals surface area contributed by atoms with Crippen LogP contribution in [0.15, 0.2) is 42.6 Å². The van der Waals surface area contributed by atoms with Gasteiger partial charge in [-0.3, -0.25) is 4.98 Å². The highest BCUT2D eigenvalue weighted by Crippen LogP contribution is 2.07. The predicted molar refractivity (Wildman–Crippen MR) is 54.2 cm³/mol. The number of benzene rings is 1. The second kappa shape index (κ2) is 5.71. The number of pyridine rings is 1. The van der Waals surface area contributed by atoms with Crippen molar-refractivity contribution in [3.8, 4) is 0 Å². The minimum Gasteiger partial charge on any atom is -0.469 e. The molecule has 0 radical (unpaired) electrons. The number of fused-ring (bicyclic) bond motifs is 1. The predicted octanol–water partition coefficient (Wildman–Crippen LogP) is 0.183. The maximum Gasteiger partial charge on any atom is 0.897 e. The molecule has 3 N–H and O–H groups in total. The van der Waals surface area contributed by atoms with E-state index in [-0.39, 0.29) is 0 Å². The van der Waals surface area contributed by atoms with Crippen molar-refractivity contribution >= 4 is 26.1 Å². The summed E-state index contributed by atoms with van der Waals surface area (Å²) in [5, 5.41) is 1.20. The van der Waals surface area contributed by atoms with Gasteiger partial charge in [0, 0.05) is 11.6 Å². The Bertz CT molecular complexity index is 326. The highest BCUT2D eigenvalue weighted by molar-refractivity contribution is 6.30. The molecule has 0 bridgehead atoms. The van der Waals surface area contributed by atoms with Gasteiger partial charge in [0.15, 0.2) is 0 Å². The second-order valence-corrected chi connectivity index (χ2v) is 3.24. The van der Waals surface area contributed by atoms with Gasteiger partial charge in [-0.25, -0.2) is 0 Å². The third-order valence-electron chi connectivity index (χ3n) is 1.51. The number of rotatable bonds is 0. The van der Waals surface area contributed by atoms with Crippen LogP contribution >= 0.6 is 0 Å². The average molecular weight is 207 g/mol. The molecule has 5 heteroatoms. The Morgan fingerprint density at radius 2 is 1.50 bits per heavy atom. The van der Waals surface area contributed by atoms with Crippen LogP contribution in [-0.2, 0) is 0 Å². The standard InChI is InChI=1S/C9H7N.Al.3H2O/c1-2-6-9-8(4-1)5-3-7-10-9;;;;/h1-7H;;3*1H2/q;+3;;;/p-3. The van der Waals surface area contributed by atoms with Gasteiger partial charge >= 0.3 is 15.1 Å². The van der Waals surface area contributed by atoms with Gasteiger partial charge in [-0.1, -0.05) is 24.3 Å². The lowest BCUT2D eigenvalue weighted by atomic mass is 10.2. The van der Waals surface area contributed by atoms with Crippen LogP contribution in [0.2, 0.25) is 0 Å². The summed E-state index contributed by atoms with van der Waals surface area (Å²) in [6.07, 6.45) is 1.81. The van der Waals surface area contributed by atoms with E-state index in [1.807, 2.05) is 30.5 Å². The van der Waals surface area contributed by atoms with Crippen molar-refractivity contribution in [1.82, 2.24) is 4.98 Å². The molecule has 1 heterocycles. The third-order valence-corrected chi connectivity index (χ3v) is 1.51. The summed E-state index contributed by atoms with van der Waals surface area (Å²) < 4.78 is 21.9. The van der Waals surface area contributed by atoms with Gasteiger partial charge in [-0.05, 0) is 12.1 Å². The van der Waals surface area contributed by atoms with E-state index in [1.54, 1.807) is 0 Å². The number of hydrogen-bond donors (Lipinski definition) is 3. The van der Waals surface area contributed by atoms with E-state index in [0.717, 1.165) is 5.52 Å². The molecular formula is C9H10AlNO3. The van der Waals surface area contributed by atoms with E-state index >= 15 is 0 Å². The van der Waals surface area contributed by atoms with E-state index in [4.69, 9.17) is 12.5 Å². The van der Waals surface area contributed by atoms with Gasteiger partial charge in [0.25, 0.3) is 0 Å². The van der Waals surface area contributed by atoms with E-state index in [1.165, 1.54) is 5.39 Å². The topological polar surface area (TPSA) is 73.6 Å². The Morgan fingerprint density at radius 1 is 0.929 bits per heavy atom. The van der Waals surface area contributed by atoms with Crippen molar-refractivity contribution in [2.24, 2.45) is 0 Å². The van der Waals surface area contributed by atoms with Crippen molar-refractivity contribution in [3.63, 3.8) is 0 Å². The molecule has 0 saturated carbocycles. The van der Waals surface area contributed by atoms with Crippen molar-refractivity contribution in [3.05, 3.63) is 42.6 Å². The van der Waals surface area contributed by atoms with Gasteiger partial charge in [0.2, 0.25) is 0 Å². The molecular weight excluding hydrogens is 197 g/mol. The molecule has 4 nitrogen and oxygen atoms in total. The van der Waals surface area contributed by atoms with E-state index < -0.39 is 15.1 Å². The Hall–Kier alpha value is -0.958. The number of aromatic nitrogens is 1. The summed E-state index contributed by atoms with van der Waals surface area (Å²) in [7, 11) is 0. The largest absolute Gasteiger partial charge is 0.897 e. The van der Waals surface area contributed by atoms with Crippen LogP contribution in [0.3, 0.4) is 0 Å². The highest BCUT2D eigenvalue weighted by Gasteiger charge is 2.08. The number of hydrogen-bond acceptors (Lipinski definition) is 4. The molecule has 1 aromatic heterocycles. The van der Waals surface area contributed by atoms with E-state index in [0.29, 0.717) is 0 Å². The Kier molecular flexibility index (Phi) is 4.53. The van der Waals surface area contributed by atoms with Gasteiger partial charge < -0.3 is 12.5 Å². The molecule has 0 aliphatic heterocycles. The summed E-state index contributed by atoms with van der Waals surface area (Å²) in [6.45, 7) is 0. The van der Waals surface area contributed by atoms with Crippen LogP contribution in [0.1, 0.15) is 0 Å². The third kappa shape index (κ3) is 3.83. The fourth-order valence-electron chi connectivity index (χ4n) is 1.02. The Labute approximate surface area is 86.5 Å². The van der Waals surface area contributed by atoms with Crippen molar-refractivity contribution in [2.45, 2.75) is 0 Å². The van der Waals surface area contributed by atoms with Gasteiger partial charge in [0.05, 0.1) is 5.52 Å². The van der Waals surface area contributed by atoms with Gasteiger partial charge in [0.1, 0.15) is 0 Å². The van der Waals surface area contributed by atoms with Crippen LogP contribution in [0.5, 0.6) is 0 Å². The maximum atomic E-state index is 7.31. The number of nitrogens with zero attached hydrogens (tertiary/aromatic N) is 1. The van der Waals surface area contributed by atoms with Crippen LogP contribution in [0.25, 0.3) is 10.9 Å². The quantitative estimate of drug-likeness (QED) is 0.539. The van der Waals surface area contributed by atoms with Crippen molar-refractivity contribution in [2.75, 3.05) is 0 Å². The zero-order chi connectivity index (χ0) is 10.4. The van der Waals surface area contributed by atoms with Gasteiger partial charge in [-0.2, -0.15) is 0 Å². The van der Waals surface area contributed by atoms with Crippen LogP contribution in [0.4, 0.5) is 0 Å². The highest BCUT2D eigenvalue weighted by atomic mass is 27.2. The second-order valence-electron chi connectivity index (χ2n) is 2.54. The smallest absolute Gasteiger partial charge is 0.469 e. The molecule has 72 valence electrons. The summed E-state index contributed by atoms with van der Waals surface area (Å²) in [4.78, 5) is 4.18. The summed E-state index contributed by atoms with van der Waals surface area (Å²) in [6, 6.07) is 12.1. The first-order chi connectivity index (χ1) is 6.70. The minimum absolute atomic E-state index is 1.06. The Balaban J connectivity index is 0.000000213. The normalized spacial score (nSPS) is 9.07. The molecule has 0 aliphatic carbocycles. The van der Waals surface area contributed by atoms with E-state index in [2.05, 4.69) is 17.1 Å². The minimum atomic E-state index is -3.14. The zero-order valence-electron chi connectivity index (χ0n) is 7.41. The molecule has 1 aromatic carbocycles. The Morgan fingerprint density at radius 3 is 2.14 bits per heavy atom. The lowest BCUT2D eigenvalue weighted by Crippen LogP contribution is -2.07. The van der Waals surface area contributed by atoms with Crippen LogP contribution < -0.4 is 0 Å². The monoisotopic (exact) mass is 207 g/mol. The molecule has 0 fully saturated rings. The van der Waals surface area contributed by atoms with Crippen molar-refractivity contribution in [1.29, 1.82) is 0 Å². The molecule has 0 saturated heterocycles.